The van der Waals surface area contributed by atoms with Gasteiger partial charge >= 0.3 is 6.18 Å². The van der Waals surface area contributed by atoms with Gasteiger partial charge in [-0.3, -0.25) is 0 Å². The highest BCUT2D eigenvalue weighted by Crippen LogP contribution is 2.40. The second-order valence-electron chi connectivity index (χ2n) is 6.78. The molecule has 1 saturated heterocycles. The van der Waals surface area contributed by atoms with E-state index in [2.05, 4.69) is 25.6 Å². The summed E-state index contributed by atoms with van der Waals surface area (Å²) in [7, 11) is -1.72. The van der Waals surface area contributed by atoms with Gasteiger partial charge in [0, 0.05) is 25.7 Å². The van der Waals surface area contributed by atoms with Crippen molar-refractivity contribution in [3.63, 3.8) is 0 Å². The number of anilines is 1. The molecule has 1 aliphatic rings. The molecule has 3 heterocycles. The number of piperidine rings is 1. The predicted octanol–water partition coefficient (Wildman–Crippen LogP) is 2.31. The third kappa shape index (κ3) is 5.22. The number of nitrogens with one attached hydrogen (secondary N) is 2. The lowest BCUT2D eigenvalue weighted by atomic mass is 10.1. The Morgan fingerprint density at radius 3 is 2.50 bits per heavy atom. The number of rotatable bonds is 6. The third-order valence-corrected chi connectivity index (χ3v) is 6.85. The zero-order valence-electron chi connectivity index (χ0n) is 16.1. The lowest BCUT2D eigenvalue weighted by molar-refractivity contribution is -0.140. The summed E-state index contributed by atoms with van der Waals surface area (Å²) >= 11 is 0.711. The van der Waals surface area contributed by atoms with E-state index in [-0.39, 0.29) is 23.5 Å². The number of hydrogen-bond donors (Lipinski definition) is 2. The minimum absolute atomic E-state index is 0.0269. The summed E-state index contributed by atoms with van der Waals surface area (Å²) < 4.78 is 79.1. The lowest BCUT2D eigenvalue weighted by Crippen LogP contribution is -2.42. The fourth-order valence-electron chi connectivity index (χ4n) is 3.05. The Kier molecular flexibility index (Phi) is 6.60. The molecule has 0 aliphatic carbocycles. The molecule has 0 atom stereocenters. The Balaban J connectivity index is 1.85. The summed E-state index contributed by atoms with van der Waals surface area (Å²) in [6, 6.07) is -0.190. The molecule has 0 spiro atoms. The Hall–Kier alpha value is -1.90. The van der Waals surface area contributed by atoms with Crippen molar-refractivity contribution < 1.29 is 26.0 Å². The number of halogens is 4. The minimum Gasteiger partial charge on any atom is -0.351 e. The van der Waals surface area contributed by atoms with Crippen LogP contribution in [-0.2, 0) is 22.7 Å². The van der Waals surface area contributed by atoms with E-state index in [1.54, 1.807) is 7.05 Å². The van der Waals surface area contributed by atoms with Crippen LogP contribution in [0.4, 0.5) is 23.5 Å². The molecule has 0 bridgehead atoms. The van der Waals surface area contributed by atoms with Gasteiger partial charge in [-0.2, -0.15) is 13.2 Å². The smallest absolute Gasteiger partial charge is 0.351 e. The van der Waals surface area contributed by atoms with Crippen LogP contribution >= 0.6 is 11.3 Å². The van der Waals surface area contributed by atoms with Crippen molar-refractivity contribution in [3.8, 4) is 10.6 Å². The van der Waals surface area contributed by atoms with Crippen LogP contribution in [-0.4, -0.2) is 60.1 Å². The van der Waals surface area contributed by atoms with Crippen molar-refractivity contribution in [1.29, 1.82) is 0 Å². The van der Waals surface area contributed by atoms with Gasteiger partial charge < -0.3 is 10.6 Å². The van der Waals surface area contributed by atoms with E-state index in [1.807, 2.05) is 0 Å². The quantitative estimate of drug-likeness (QED) is 0.628. The first kappa shape index (κ1) is 22.8. The van der Waals surface area contributed by atoms with Crippen LogP contribution in [0.1, 0.15) is 23.5 Å². The Morgan fingerprint density at radius 2 is 1.93 bits per heavy atom. The molecule has 3 rings (SSSR count). The number of alkyl halides is 3. The standard InChI is InChI=1S/C16H20F4N6O2S2/c1-21-8-11-24-14(16(18,19)20)13(29-11)12-10(17)7-22-15(25-12)23-9-3-5-26(6-4-9)30(2,27)28/h7,9,21H,3-6,8H2,1-2H3,(H,22,23,25). The molecule has 0 radical (unpaired) electrons. The molecule has 14 heteroatoms. The van der Waals surface area contributed by atoms with Crippen molar-refractivity contribution in [1.82, 2.24) is 24.6 Å². The molecule has 2 aromatic heterocycles. The lowest BCUT2D eigenvalue weighted by Gasteiger charge is -2.30. The van der Waals surface area contributed by atoms with E-state index < -0.39 is 38.3 Å². The summed E-state index contributed by atoms with van der Waals surface area (Å²) in [5, 5.41) is 5.83. The molecule has 166 valence electrons. The van der Waals surface area contributed by atoms with Gasteiger partial charge in [0.15, 0.2) is 11.5 Å². The van der Waals surface area contributed by atoms with E-state index in [0.29, 0.717) is 37.3 Å². The Labute approximate surface area is 174 Å². The monoisotopic (exact) mass is 468 g/mol. The van der Waals surface area contributed by atoms with Gasteiger partial charge in [-0.05, 0) is 19.9 Å². The Bertz CT molecular complexity index is 1000. The van der Waals surface area contributed by atoms with Gasteiger partial charge in [-0.1, -0.05) is 0 Å². The minimum atomic E-state index is -4.76. The average Bonchev–Trinajstić information content (AvgIpc) is 3.07. The van der Waals surface area contributed by atoms with Crippen molar-refractivity contribution in [2.75, 3.05) is 31.7 Å². The summed E-state index contributed by atoms with van der Waals surface area (Å²) in [5.74, 6) is -1.02. The van der Waals surface area contributed by atoms with E-state index in [1.165, 1.54) is 4.31 Å². The van der Waals surface area contributed by atoms with Crippen LogP contribution in [0.2, 0.25) is 0 Å². The molecule has 2 aromatic rings. The van der Waals surface area contributed by atoms with Gasteiger partial charge in [0.1, 0.15) is 10.7 Å². The maximum absolute atomic E-state index is 14.3. The van der Waals surface area contributed by atoms with Crippen LogP contribution in [0.15, 0.2) is 6.20 Å². The predicted molar refractivity (Wildman–Crippen MR) is 104 cm³/mol. The third-order valence-electron chi connectivity index (χ3n) is 4.48. The highest BCUT2D eigenvalue weighted by atomic mass is 32.2. The fraction of sp³-hybridized carbons (Fsp3) is 0.562. The highest BCUT2D eigenvalue weighted by molar-refractivity contribution is 7.88. The molecule has 8 nitrogen and oxygen atoms in total. The maximum Gasteiger partial charge on any atom is 0.434 e. The molecule has 0 unspecified atom stereocenters. The van der Waals surface area contributed by atoms with Crippen LogP contribution in [0.3, 0.4) is 0 Å². The molecule has 0 saturated carbocycles. The van der Waals surface area contributed by atoms with Crippen LogP contribution in [0.5, 0.6) is 0 Å². The number of sulfonamides is 1. The van der Waals surface area contributed by atoms with E-state index >= 15 is 0 Å². The van der Waals surface area contributed by atoms with E-state index in [4.69, 9.17) is 0 Å². The molecular weight excluding hydrogens is 448 g/mol. The first-order valence-corrected chi connectivity index (χ1v) is 11.6. The second kappa shape index (κ2) is 8.69. The molecule has 30 heavy (non-hydrogen) atoms. The average molecular weight is 469 g/mol. The normalized spacial score (nSPS) is 16.7. The molecule has 2 N–H and O–H groups in total. The van der Waals surface area contributed by atoms with Gasteiger partial charge in [0.05, 0.1) is 17.3 Å². The number of nitrogens with zero attached hydrogens (tertiary/aromatic N) is 4. The van der Waals surface area contributed by atoms with Gasteiger partial charge in [0.25, 0.3) is 0 Å². The zero-order chi connectivity index (χ0) is 22.1. The topological polar surface area (TPSA) is 100 Å². The maximum atomic E-state index is 14.3. The van der Waals surface area contributed by atoms with Crippen molar-refractivity contribution >= 4 is 27.3 Å². The molecule has 1 fully saturated rings. The molecular formula is C16H20F4N6O2S2. The fourth-order valence-corrected chi connectivity index (χ4v) is 5.02. The zero-order valence-corrected chi connectivity index (χ0v) is 17.8. The van der Waals surface area contributed by atoms with Crippen molar-refractivity contribution in [2.45, 2.75) is 31.6 Å². The molecule has 1 aliphatic heterocycles. The number of aromatic nitrogens is 3. The van der Waals surface area contributed by atoms with Crippen LogP contribution < -0.4 is 10.6 Å². The summed E-state index contributed by atoms with van der Waals surface area (Å²) in [6.45, 7) is 0.695. The van der Waals surface area contributed by atoms with Crippen LogP contribution in [0, 0.1) is 5.82 Å². The van der Waals surface area contributed by atoms with Gasteiger partial charge in [-0.15, -0.1) is 11.3 Å². The SMILES string of the molecule is CNCc1nc(C(F)(F)F)c(-c2nc(NC3CCN(S(C)(=O)=O)CC3)ncc2F)s1. The number of thiazole rings is 1. The highest BCUT2D eigenvalue weighted by Gasteiger charge is 2.39. The van der Waals surface area contributed by atoms with Crippen molar-refractivity contribution in [2.24, 2.45) is 0 Å². The Morgan fingerprint density at radius 1 is 1.27 bits per heavy atom. The van der Waals surface area contributed by atoms with Gasteiger partial charge in [0.2, 0.25) is 16.0 Å². The second-order valence-corrected chi connectivity index (χ2v) is 9.85. The first-order chi connectivity index (χ1) is 14.0. The van der Waals surface area contributed by atoms with Crippen molar-refractivity contribution in [3.05, 3.63) is 22.7 Å². The summed E-state index contributed by atoms with van der Waals surface area (Å²) in [5.41, 5.74) is -1.67. The first-order valence-electron chi connectivity index (χ1n) is 8.95. The summed E-state index contributed by atoms with van der Waals surface area (Å²) in [4.78, 5) is 11.0. The number of hydrogen-bond acceptors (Lipinski definition) is 8. The largest absolute Gasteiger partial charge is 0.434 e. The van der Waals surface area contributed by atoms with Crippen LogP contribution in [0.25, 0.3) is 10.6 Å². The van der Waals surface area contributed by atoms with Gasteiger partial charge in [-0.25, -0.2) is 32.1 Å². The summed E-state index contributed by atoms with van der Waals surface area (Å²) in [6.07, 6.45) is -1.89. The van der Waals surface area contributed by atoms with E-state index in [9.17, 15) is 26.0 Å². The molecule has 0 aromatic carbocycles. The molecule has 0 amide bonds. The van der Waals surface area contributed by atoms with E-state index in [0.717, 1.165) is 12.5 Å².